The maximum absolute atomic E-state index is 13.0. The molecule has 2 amide bonds. The van der Waals surface area contributed by atoms with Crippen molar-refractivity contribution in [1.82, 2.24) is 9.62 Å². The lowest BCUT2D eigenvalue weighted by Gasteiger charge is -2.36. The minimum Gasteiger partial charge on any atom is -0.334 e. The van der Waals surface area contributed by atoms with Crippen molar-refractivity contribution in [3.05, 3.63) is 29.8 Å². The van der Waals surface area contributed by atoms with E-state index < -0.39 is 15.4 Å². The minimum atomic E-state index is -3.31. The van der Waals surface area contributed by atoms with E-state index in [1.807, 2.05) is 20.8 Å². The first-order valence-corrected chi connectivity index (χ1v) is 11.0. The first-order valence-electron chi connectivity index (χ1n) is 9.14. The van der Waals surface area contributed by atoms with Gasteiger partial charge in [-0.05, 0) is 37.5 Å². The van der Waals surface area contributed by atoms with Gasteiger partial charge in [0.2, 0.25) is 15.9 Å². The van der Waals surface area contributed by atoms with Gasteiger partial charge in [-0.2, -0.15) is 0 Å². The lowest BCUT2D eigenvalue weighted by atomic mass is 9.95. The highest BCUT2D eigenvalue weighted by Gasteiger charge is 2.28. The van der Waals surface area contributed by atoms with E-state index in [2.05, 4.69) is 10.0 Å². The monoisotopic (exact) mass is 395 g/mol. The fraction of sp³-hybridized carbons (Fsp3) is 0.579. The van der Waals surface area contributed by atoms with E-state index in [9.17, 15) is 18.0 Å². The SMILES string of the molecule is CC(C)(C)C(=O)Nc1cccc(C(=O)N2CCCCC2CNS(C)(=O)=O)c1. The number of rotatable bonds is 5. The summed E-state index contributed by atoms with van der Waals surface area (Å²) >= 11 is 0. The van der Waals surface area contributed by atoms with Crippen molar-refractivity contribution in [1.29, 1.82) is 0 Å². The summed E-state index contributed by atoms with van der Waals surface area (Å²) in [6, 6.07) is 6.69. The Bertz CT molecular complexity index is 799. The van der Waals surface area contributed by atoms with Gasteiger partial charge in [-0.1, -0.05) is 26.8 Å². The Balaban J connectivity index is 2.15. The van der Waals surface area contributed by atoms with Crippen LogP contribution in [-0.2, 0) is 14.8 Å². The molecule has 0 radical (unpaired) electrons. The smallest absolute Gasteiger partial charge is 0.254 e. The highest BCUT2D eigenvalue weighted by atomic mass is 32.2. The molecular weight excluding hydrogens is 366 g/mol. The molecule has 150 valence electrons. The lowest BCUT2D eigenvalue weighted by molar-refractivity contribution is -0.123. The molecule has 27 heavy (non-hydrogen) atoms. The summed E-state index contributed by atoms with van der Waals surface area (Å²) in [5.74, 6) is -0.276. The zero-order valence-electron chi connectivity index (χ0n) is 16.4. The Morgan fingerprint density at radius 3 is 2.56 bits per heavy atom. The summed E-state index contributed by atoms with van der Waals surface area (Å²) in [7, 11) is -3.31. The summed E-state index contributed by atoms with van der Waals surface area (Å²) in [4.78, 5) is 26.9. The normalized spacial score (nSPS) is 18.2. The van der Waals surface area contributed by atoms with Gasteiger partial charge in [-0.25, -0.2) is 13.1 Å². The molecule has 1 heterocycles. The Labute approximate surface area is 161 Å². The summed E-state index contributed by atoms with van der Waals surface area (Å²) in [5.41, 5.74) is 0.520. The van der Waals surface area contributed by atoms with Crippen molar-refractivity contribution in [3.63, 3.8) is 0 Å². The van der Waals surface area contributed by atoms with E-state index in [0.717, 1.165) is 25.5 Å². The predicted octanol–water partition coefficient (Wildman–Crippen LogP) is 2.22. The highest BCUT2D eigenvalue weighted by Crippen LogP contribution is 2.22. The van der Waals surface area contributed by atoms with Gasteiger partial charge in [-0.3, -0.25) is 9.59 Å². The minimum absolute atomic E-state index is 0.125. The van der Waals surface area contributed by atoms with Crippen molar-refractivity contribution in [2.75, 3.05) is 24.7 Å². The van der Waals surface area contributed by atoms with E-state index in [0.29, 0.717) is 17.8 Å². The Morgan fingerprint density at radius 2 is 1.93 bits per heavy atom. The average molecular weight is 396 g/mol. The zero-order valence-corrected chi connectivity index (χ0v) is 17.2. The summed E-state index contributed by atoms with van der Waals surface area (Å²) in [6.45, 7) is 6.28. The number of nitrogens with zero attached hydrogens (tertiary/aromatic N) is 1. The quantitative estimate of drug-likeness (QED) is 0.799. The van der Waals surface area contributed by atoms with Crippen LogP contribution in [0.15, 0.2) is 24.3 Å². The number of benzene rings is 1. The van der Waals surface area contributed by atoms with E-state index in [1.54, 1.807) is 29.2 Å². The standard InChI is InChI=1S/C19H29N3O4S/c1-19(2,3)18(24)21-15-9-7-8-14(12-15)17(23)22-11-6-5-10-16(22)13-20-27(4,25)26/h7-9,12,16,20H,5-6,10-11,13H2,1-4H3,(H,21,24). The van der Waals surface area contributed by atoms with Crippen LogP contribution in [0, 0.1) is 5.41 Å². The van der Waals surface area contributed by atoms with Crippen LogP contribution in [0.1, 0.15) is 50.4 Å². The van der Waals surface area contributed by atoms with Gasteiger partial charge in [-0.15, -0.1) is 0 Å². The molecule has 1 fully saturated rings. The van der Waals surface area contributed by atoms with Gasteiger partial charge in [0.1, 0.15) is 0 Å². The first-order chi connectivity index (χ1) is 12.5. The molecule has 1 aromatic carbocycles. The average Bonchev–Trinajstić information content (AvgIpc) is 2.58. The van der Waals surface area contributed by atoms with Gasteiger partial charge in [0.15, 0.2) is 0 Å². The number of sulfonamides is 1. The molecule has 0 aromatic heterocycles. The van der Waals surface area contributed by atoms with Crippen LogP contribution < -0.4 is 10.0 Å². The molecule has 8 heteroatoms. The van der Waals surface area contributed by atoms with Crippen LogP contribution in [0.5, 0.6) is 0 Å². The fourth-order valence-electron chi connectivity index (χ4n) is 2.94. The second kappa shape index (κ2) is 8.39. The number of piperidine rings is 1. The number of hydrogen-bond donors (Lipinski definition) is 2. The number of nitrogens with one attached hydrogen (secondary N) is 2. The van der Waals surface area contributed by atoms with Crippen LogP contribution in [0.25, 0.3) is 0 Å². The number of anilines is 1. The molecule has 1 saturated heterocycles. The molecule has 1 aliphatic rings. The molecule has 0 saturated carbocycles. The van der Waals surface area contributed by atoms with Crippen molar-refractivity contribution in [3.8, 4) is 0 Å². The second-order valence-corrected chi connectivity index (χ2v) is 9.89. The molecular formula is C19H29N3O4S. The molecule has 2 rings (SSSR count). The maximum atomic E-state index is 13.0. The third-order valence-corrected chi connectivity index (χ3v) is 5.21. The van der Waals surface area contributed by atoms with Crippen LogP contribution in [-0.4, -0.2) is 50.5 Å². The molecule has 0 aliphatic carbocycles. The van der Waals surface area contributed by atoms with E-state index in [4.69, 9.17) is 0 Å². The second-order valence-electron chi connectivity index (χ2n) is 8.05. The zero-order chi connectivity index (χ0) is 20.2. The molecule has 0 bridgehead atoms. The Kier molecular flexibility index (Phi) is 6.64. The highest BCUT2D eigenvalue weighted by molar-refractivity contribution is 7.88. The van der Waals surface area contributed by atoms with E-state index in [1.165, 1.54) is 0 Å². The van der Waals surface area contributed by atoms with Crippen molar-refractivity contribution in [2.45, 2.75) is 46.1 Å². The largest absolute Gasteiger partial charge is 0.334 e. The molecule has 1 atom stereocenters. The lowest BCUT2D eigenvalue weighted by Crippen LogP contribution is -2.49. The van der Waals surface area contributed by atoms with Crippen LogP contribution >= 0.6 is 0 Å². The van der Waals surface area contributed by atoms with Crippen molar-refractivity contribution >= 4 is 27.5 Å². The number of amides is 2. The van der Waals surface area contributed by atoms with Crippen LogP contribution in [0.4, 0.5) is 5.69 Å². The van der Waals surface area contributed by atoms with Crippen molar-refractivity contribution < 1.29 is 18.0 Å². The predicted molar refractivity (Wildman–Crippen MR) is 106 cm³/mol. The topological polar surface area (TPSA) is 95.6 Å². The van der Waals surface area contributed by atoms with Gasteiger partial charge in [0, 0.05) is 35.8 Å². The molecule has 2 N–H and O–H groups in total. The molecule has 1 aliphatic heterocycles. The Morgan fingerprint density at radius 1 is 1.22 bits per heavy atom. The first kappa shape index (κ1) is 21.4. The van der Waals surface area contributed by atoms with Gasteiger partial charge >= 0.3 is 0 Å². The number of hydrogen-bond acceptors (Lipinski definition) is 4. The van der Waals surface area contributed by atoms with Gasteiger partial charge < -0.3 is 10.2 Å². The third-order valence-electron chi connectivity index (χ3n) is 4.52. The maximum Gasteiger partial charge on any atom is 0.254 e. The number of likely N-dealkylation sites (tertiary alicyclic amines) is 1. The fourth-order valence-corrected chi connectivity index (χ4v) is 3.44. The Hall–Kier alpha value is -1.93. The van der Waals surface area contributed by atoms with Crippen molar-refractivity contribution in [2.24, 2.45) is 5.41 Å². The molecule has 1 aromatic rings. The van der Waals surface area contributed by atoms with Crippen LogP contribution in [0.3, 0.4) is 0 Å². The van der Waals surface area contributed by atoms with E-state index in [-0.39, 0.29) is 24.4 Å². The summed E-state index contributed by atoms with van der Waals surface area (Å²) in [5, 5.41) is 2.83. The number of carbonyl (C=O) groups excluding carboxylic acids is 2. The van der Waals surface area contributed by atoms with E-state index >= 15 is 0 Å². The number of carbonyl (C=O) groups is 2. The van der Waals surface area contributed by atoms with Gasteiger partial charge in [0.25, 0.3) is 5.91 Å². The molecule has 7 nitrogen and oxygen atoms in total. The third kappa shape index (κ3) is 6.32. The molecule has 0 spiro atoms. The summed E-state index contributed by atoms with van der Waals surface area (Å²) in [6.07, 6.45) is 3.72. The molecule has 1 unspecified atom stereocenters. The van der Waals surface area contributed by atoms with Gasteiger partial charge in [0.05, 0.1) is 6.26 Å². The summed E-state index contributed by atoms with van der Waals surface area (Å²) < 4.78 is 25.3. The van der Waals surface area contributed by atoms with Crippen LogP contribution in [0.2, 0.25) is 0 Å².